The van der Waals surface area contributed by atoms with Crippen molar-refractivity contribution in [1.29, 1.82) is 0 Å². The summed E-state index contributed by atoms with van der Waals surface area (Å²) in [5.41, 5.74) is 2.81. The second kappa shape index (κ2) is 5.99. The Balaban J connectivity index is 1.77. The summed E-state index contributed by atoms with van der Waals surface area (Å²) in [5.74, 6) is 0.349. The first kappa shape index (κ1) is 13.7. The molecule has 3 rings (SSSR count). The molecule has 0 radical (unpaired) electrons. The molecule has 1 atom stereocenters. The summed E-state index contributed by atoms with van der Waals surface area (Å²) in [4.78, 5) is 26.9. The number of hydrogen-bond donors (Lipinski definition) is 0. The van der Waals surface area contributed by atoms with Crippen LogP contribution in [0.2, 0.25) is 0 Å². The molecule has 0 N–H and O–H groups in total. The Bertz CT molecular complexity index is 629. The summed E-state index contributed by atoms with van der Waals surface area (Å²) in [6.45, 7) is 3.54. The Hall–Kier alpha value is -2.30. The third-order valence-corrected chi connectivity index (χ3v) is 3.94. The molecule has 0 aromatic carbocycles. The maximum atomic E-state index is 12.5. The van der Waals surface area contributed by atoms with Crippen molar-refractivity contribution in [2.45, 2.75) is 25.7 Å². The van der Waals surface area contributed by atoms with Crippen molar-refractivity contribution in [2.24, 2.45) is 0 Å². The van der Waals surface area contributed by atoms with Crippen LogP contribution in [0.15, 0.2) is 37.1 Å². The van der Waals surface area contributed by atoms with E-state index in [0.717, 1.165) is 30.6 Å². The molecule has 1 amide bonds. The Morgan fingerprint density at radius 2 is 2.24 bits per heavy atom. The average molecular weight is 282 g/mol. The molecule has 2 aromatic heterocycles. The van der Waals surface area contributed by atoms with Gasteiger partial charge in [0.25, 0.3) is 5.91 Å². The highest BCUT2D eigenvalue weighted by Crippen LogP contribution is 2.27. The quantitative estimate of drug-likeness (QED) is 0.847. The smallest absolute Gasteiger partial charge is 0.255 e. The minimum atomic E-state index is 0.0551. The zero-order chi connectivity index (χ0) is 14.7. The van der Waals surface area contributed by atoms with E-state index in [2.05, 4.69) is 15.0 Å². The van der Waals surface area contributed by atoms with Crippen LogP contribution >= 0.6 is 0 Å². The second-order valence-corrected chi connectivity index (χ2v) is 5.42. The summed E-state index contributed by atoms with van der Waals surface area (Å²) in [6.07, 6.45) is 8.80. The number of aromatic nitrogens is 3. The predicted octanol–water partition coefficient (Wildman–Crippen LogP) is 2.20. The van der Waals surface area contributed by atoms with Crippen molar-refractivity contribution in [2.75, 3.05) is 13.1 Å². The molecule has 0 unspecified atom stereocenters. The largest absolute Gasteiger partial charge is 0.338 e. The van der Waals surface area contributed by atoms with Crippen LogP contribution in [0.3, 0.4) is 0 Å². The number of carbonyl (C=O) groups excluding carboxylic acids is 1. The molecular weight excluding hydrogens is 264 g/mol. The first-order valence-corrected chi connectivity index (χ1v) is 7.21. The van der Waals surface area contributed by atoms with Gasteiger partial charge in [0.1, 0.15) is 6.33 Å². The van der Waals surface area contributed by atoms with Crippen LogP contribution in [-0.4, -0.2) is 38.8 Å². The van der Waals surface area contributed by atoms with Gasteiger partial charge in [0, 0.05) is 37.6 Å². The number of carbonyl (C=O) groups is 1. The van der Waals surface area contributed by atoms with Gasteiger partial charge in [-0.25, -0.2) is 9.97 Å². The molecule has 0 spiro atoms. The topological polar surface area (TPSA) is 59.0 Å². The minimum Gasteiger partial charge on any atom is -0.338 e. The number of pyridine rings is 1. The van der Waals surface area contributed by atoms with Crippen LogP contribution in [0.25, 0.3) is 0 Å². The molecule has 1 aliphatic heterocycles. The van der Waals surface area contributed by atoms with Crippen molar-refractivity contribution in [1.82, 2.24) is 19.9 Å². The molecule has 2 aromatic rings. The number of rotatable bonds is 2. The molecule has 1 saturated heterocycles. The second-order valence-electron chi connectivity index (χ2n) is 5.42. The molecule has 5 heteroatoms. The summed E-state index contributed by atoms with van der Waals surface area (Å²) >= 11 is 0. The van der Waals surface area contributed by atoms with E-state index in [0.29, 0.717) is 18.0 Å². The van der Waals surface area contributed by atoms with Crippen LogP contribution in [0.4, 0.5) is 0 Å². The lowest BCUT2D eigenvalue weighted by Crippen LogP contribution is -2.39. The van der Waals surface area contributed by atoms with Gasteiger partial charge in [-0.2, -0.15) is 0 Å². The van der Waals surface area contributed by atoms with Gasteiger partial charge in [-0.1, -0.05) is 0 Å². The van der Waals surface area contributed by atoms with Crippen molar-refractivity contribution < 1.29 is 4.79 Å². The normalized spacial score (nSPS) is 18.5. The molecule has 0 bridgehead atoms. The Morgan fingerprint density at radius 3 is 3.00 bits per heavy atom. The van der Waals surface area contributed by atoms with Crippen LogP contribution < -0.4 is 0 Å². The number of hydrogen-bond acceptors (Lipinski definition) is 4. The third kappa shape index (κ3) is 2.91. The molecule has 1 fully saturated rings. The highest BCUT2D eigenvalue weighted by Gasteiger charge is 2.27. The fraction of sp³-hybridized carbons (Fsp3) is 0.375. The van der Waals surface area contributed by atoms with Crippen molar-refractivity contribution >= 4 is 5.91 Å². The molecule has 0 saturated carbocycles. The molecule has 108 valence electrons. The summed E-state index contributed by atoms with van der Waals surface area (Å²) in [5, 5.41) is 0. The molecule has 5 nitrogen and oxygen atoms in total. The van der Waals surface area contributed by atoms with Crippen molar-refractivity contribution in [3.8, 4) is 0 Å². The lowest BCUT2D eigenvalue weighted by Gasteiger charge is -2.33. The van der Waals surface area contributed by atoms with E-state index in [-0.39, 0.29) is 5.91 Å². The molecule has 21 heavy (non-hydrogen) atoms. The number of likely N-dealkylation sites (tertiary alicyclic amines) is 1. The van der Waals surface area contributed by atoms with Gasteiger partial charge in [0.2, 0.25) is 0 Å². The third-order valence-electron chi connectivity index (χ3n) is 3.94. The summed E-state index contributed by atoms with van der Waals surface area (Å²) < 4.78 is 0. The maximum absolute atomic E-state index is 12.5. The predicted molar refractivity (Wildman–Crippen MR) is 78.9 cm³/mol. The lowest BCUT2D eigenvalue weighted by atomic mass is 9.92. The van der Waals surface area contributed by atoms with Crippen molar-refractivity contribution in [3.63, 3.8) is 0 Å². The number of amides is 1. The zero-order valence-electron chi connectivity index (χ0n) is 12.1. The van der Waals surface area contributed by atoms with E-state index in [1.807, 2.05) is 24.1 Å². The Labute approximate surface area is 124 Å². The van der Waals surface area contributed by atoms with E-state index < -0.39 is 0 Å². The standard InChI is InChI=1S/C16H18N4O/c1-12-8-18-11-19-15(12)14-5-3-7-20(10-14)16(21)13-4-2-6-17-9-13/h2,4,6,8-9,11,14H,3,5,7,10H2,1H3/t14-/m0/s1. The monoisotopic (exact) mass is 282 g/mol. The molecular formula is C16H18N4O. The van der Waals surface area contributed by atoms with Crippen LogP contribution in [0.5, 0.6) is 0 Å². The van der Waals surface area contributed by atoms with Crippen LogP contribution in [0, 0.1) is 6.92 Å². The highest BCUT2D eigenvalue weighted by atomic mass is 16.2. The maximum Gasteiger partial charge on any atom is 0.255 e. The van der Waals surface area contributed by atoms with Gasteiger partial charge in [0.15, 0.2) is 0 Å². The van der Waals surface area contributed by atoms with Crippen molar-refractivity contribution in [3.05, 3.63) is 53.9 Å². The molecule has 0 aliphatic carbocycles. The first-order chi connectivity index (χ1) is 10.3. The van der Waals surface area contributed by atoms with E-state index in [1.54, 1.807) is 24.8 Å². The fourth-order valence-electron chi connectivity index (χ4n) is 2.89. The Kier molecular flexibility index (Phi) is 3.90. The van der Waals surface area contributed by atoms with E-state index in [4.69, 9.17) is 0 Å². The van der Waals surface area contributed by atoms with Gasteiger partial charge in [0.05, 0.1) is 11.3 Å². The molecule has 3 heterocycles. The van der Waals surface area contributed by atoms with Crippen LogP contribution in [-0.2, 0) is 0 Å². The van der Waals surface area contributed by atoms with E-state index >= 15 is 0 Å². The van der Waals surface area contributed by atoms with E-state index in [1.165, 1.54) is 0 Å². The minimum absolute atomic E-state index is 0.0551. The first-order valence-electron chi connectivity index (χ1n) is 7.21. The fourth-order valence-corrected chi connectivity index (χ4v) is 2.89. The highest BCUT2D eigenvalue weighted by molar-refractivity contribution is 5.94. The SMILES string of the molecule is Cc1cncnc1[C@H]1CCCN(C(=O)c2cccnc2)C1. The summed E-state index contributed by atoms with van der Waals surface area (Å²) in [6, 6.07) is 3.61. The number of piperidine rings is 1. The lowest BCUT2D eigenvalue weighted by molar-refractivity contribution is 0.0705. The number of nitrogens with zero attached hydrogens (tertiary/aromatic N) is 4. The van der Waals surface area contributed by atoms with Gasteiger partial charge in [-0.3, -0.25) is 9.78 Å². The van der Waals surface area contributed by atoms with Crippen LogP contribution in [0.1, 0.15) is 40.4 Å². The van der Waals surface area contributed by atoms with Gasteiger partial charge >= 0.3 is 0 Å². The van der Waals surface area contributed by atoms with Gasteiger partial charge in [-0.15, -0.1) is 0 Å². The number of aryl methyl sites for hydroxylation is 1. The molecule has 1 aliphatic rings. The zero-order valence-corrected chi connectivity index (χ0v) is 12.1. The van der Waals surface area contributed by atoms with E-state index in [9.17, 15) is 4.79 Å². The average Bonchev–Trinajstić information content (AvgIpc) is 2.55. The van der Waals surface area contributed by atoms with Gasteiger partial charge in [-0.05, 0) is 37.5 Å². The Morgan fingerprint density at radius 1 is 1.33 bits per heavy atom. The van der Waals surface area contributed by atoms with Gasteiger partial charge < -0.3 is 4.90 Å². The summed E-state index contributed by atoms with van der Waals surface area (Å²) in [7, 11) is 0.